The standard InChI is InChI=1S/C31H31N3O3.C30H29N3O3.C30H28N2O3/c1-21-19-25-29(22-11-7-5-8-12-22)30(23-13-9-6-10-14-23)32-34(25)31(35)28(21)24-15-16-26(36-4)27(20-24)37-18-17-33(2)3;1-20-18-24-28(21-10-6-4-7-11-21)29(22-12-8-5-9-13-22)31-33(24)30(35)27(20)23-14-15-25(34)26(19-23)36-17-16-32(2)3;1-4-17-35-26-19-23(15-16-25(26)34-3)27-20(2)18-24-28(21-11-7-5-8-12-21)29(31-32(24)30(27)33)22-13-9-6-10-14-22/h5-16,20H,17-19H2,1-4H3;4-15,19,34H,16-18H2,1-3H3;5-16,19H,4,17-18H2,1-3H3. The molecule has 17 nitrogen and oxygen atoms in total. The Morgan fingerprint density at radius 2 is 0.630 bits per heavy atom. The van der Waals surface area contributed by atoms with Crippen LogP contribution in [-0.4, -0.2) is 137 Å². The fourth-order valence-corrected chi connectivity index (χ4v) is 14.0. The summed E-state index contributed by atoms with van der Waals surface area (Å²) in [5.74, 6) is 2.52. The highest BCUT2D eigenvalue weighted by molar-refractivity contribution is 6.24. The molecular weight excluding hydrogens is 1350 g/mol. The number of nitrogens with zero attached hydrogens (tertiary/aromatic N) is 8. The molecule has 0 spiro atoms. The summed E-state index contributed by atoms with van der Waals surface area (Å²) in [5, 5.41) is 24.9. The van der Waals surface area contributed by atoms with Crippen molar-refractivity contribution in [1.29, 1.82) is 0 Å². The highest BCUT2D eigenvalue weighted by atomic mass is 16.5. The van der Waals surface area contributed by atoms with Gasteiger partial charge in [0, 0.05) is 82.5 Å². The fourth-order valence-electron chi connectivity index (χ4n) is 14.0. The predicted octanol–water partition coefficient (Wildman–Crippen LogP) is 18.1. The Kier molecular flexibility index (Phi) is 22.8. The molecule has 15 rings (SSSR count). The van der Waals surface area contributed by atoms with Gasteiger partial charge in [0.2, 0.25) is 0 Å². The van der Waals surface area contributed by atoms with Crippen molar-refractivity contribution in [3.63, 3.8) is 0 Å². The molecule has 0 saturated heterocycles. The molecule has 0 saturated carbocycles. The summed E-state index contributed by atoms with van der Waals surface area (Å²) in [6, 6.07) is 76.9. The lowest BCUT2D eigenvalue weighted by atomic mass is 9.90. The van der Waals surface area contributed by atoms with Crippen molar-refractivity contribution in [3.8, 4) is 102 Å². The van der Waals surface area contributed by atoms with Crippen molar-refractivity contribution < 1.29 is 43.2 Å². The first-order chi connectivity index (χ1) is 52.5. The van der Waals surface area contributed by atoms with Crippen LogP contribution in [-0.2, 0) is 19.3 Å². The van der Waals surface area contributed by atoms with E-state index in [0.29, 0.717) is 96.7 Å². The van der Waals surface area contributed by atoms with Gasteiger partial charge in [0.05, 0.1) is 37.9 Å². The smallest absolute Gasteiger partial charge is 0.279 e. The molecule has 0 unspecified atom stereocenters. The molecule has 0 bridgehead atoms. The number of carbonyl (C=O) groups is 3. The molecule has 3 aliphatic rings. The number of allylic oxidation sites excluding steroid dienone is 6. The largest absolute Gasteiger partial charge is 0.504 e. The van der Waals surface area contributed by atoms with E-state index in [1.165, 1.54) is 0 Å². The first kappa shape index (κ1) is 73.9. The third-order valence-corrected chi connectivity index (χ3v) is 19.3. The fraction of sp³-hybridized carbons (Fsp3) is 0.209. The van der Waals surface area contributed by atoms with Crippen molar-refractivity contribution in [2.75, 3.05) is 75.3 Å². The number of phenols is 1. The lowest BCUT2D eigenvalue weighted by molar-refractivity contribution is 0.0950. The van der Waals surface area contributed by atoms with Crippen molar-refractivity contribution in [3.05, 3.63) is 287 Å². The number of hydrogen-bond acceptors (Lipinski definition) is 14. The van der Waals surface area contributed by atoms with Gasteiger partial charge >= 0.3 is 0 Å². The van der Waals surface area contributed by atoms with E-state index < -0.39 is 0 Å². The number of phenolic OH excluding ortho intramolecular Hbond substituents is 1. The molecule has 12 aromatic rings. The van der Waals surface area contributed by atoms with E-state index >= 15 is 0 Å². The number of carbonyl (C=O) groups excluding carboxylic acids is 3. The number of ether oxygens (including phenoxy) is 5. The van der Waals surface area contributed by atoms with Crippen LogP contribution in [0, 0.1) is 0 Å². The highest BCUT2D eigenvalue weighted by Crippen LogP contribution is 2.45. The first-order valence-electron chi connectivity index (χ1n) is 36.3. The number of aromatic hydroxyl groups is 1. The number of methoxy groups -OCH3 is 2. The Morgan fingerprint density at radius 1 is 0.352 bits per heavy atom. The van der Waals surface area contributed by atoms with E-state index in [-0.39, 0.29) is 23.5 Å². The molecule has 1 N–H and O–H groups in total. The Hall–Kier alpha value is -12.4. The minimum atomic E-state index is -0.182. The Balaban J connectivity index is 0.000000143. The first-order valence-corrected chi connectivity index (χ1v) is 36.3. The topological polar surface area (TPSA) is 178 Å². The van der Waals surface area contributed by atoms with E-state index in [2.05, 4.69) is 48.2 Å². The molecule has 0 fully saturated rings. The predicted molar refractivity (Wildman–Crippen MR) is 428 cm³/mol. The van der Waals surface area contributed by atoms with Gasteiger partial charge in [-0.25, -0.2) is 0 Å². The molecule has 9 aromatic carbocycles. The van der Waals surface area contributed by atoms with Crippen molar-refractivity contribution >= 4 is 34.4 Å². The molecule has 0 aliphatic carbocycles. The number of aromatic nitrogens is 6. The quantitative estimate of drug-likeness (QED) is 0.0678. The lowest BCUT2D eigenvalue weighted by Crippen LogP contribution is -2.23. The molecule has 17 heteroatoms. The van der Waals surface area contributed by atoms with E-state index in [4.69, 9.17) is 39.0 Å². The van der Waals surface area contributed by atoms with Crippen LogP contribution < -0.4 is 23.7 Å². The molecule has 6 heterocycles. The average Bonchev–Trinajstić information content (AvgIpc) is 1.59. The second-order valence-corrected chi connectivity index (χ2v) is 27.4. The van der Waals surface area contributed by atoms with Gasteiger partial charge in [-0.05, 0) is 125 Å². The summed E-state index contributed by atoms with van der Waals surface area (Å²) < 4.78 is 33.4. The van der Waals surface area contributed by atoms with Gasteiger partial charge in [0.15, 0.2) is 34.5 Å². The SMILES string of the molecule is CC1=C(c2ccc(O)c(OCCN(C)C)c2)C(=O)n2nc(-c3ccccc3)c(-c3ccccc3)c2C1.CCCOc1cc(C2=C(C)Cc3c(-c4ccccc4)c(-c4ccccc4)nn3C2=O)ccc1OC.COc1ccc(C2=C(C)Cc3c(-c4ccccc4)c(-c4ccccc4)nn3C2=O)cc1OCCN(C)C. The normalized spacial score (nSPS) is 13.2. The molecule has 3 aliphatic heterocycles. The van der Waals surface area contributed by atoms with E-state index in [0.717, 1.165) is 125 Å². The van der Waals surface area contributed by atoms with Crippen LogP contribution in [0.3, 0.4) is 0 Å². The molecule has 108 heavy (non-hydrogen) atoms. The summed E-state index contributed by atoms with van der Waals surface area (Å²) >= 11 is 0. The van der Waals surface area contributed by atoms with Gasteiger partial charge in [-0.15, -0.1) is 0 Å². The maximum absolute atomic E-state index is 14.0. The van der Waals surface area contributed by atoms with Gasteiger partial charge in [0.1, 0.15) is 30.3 Å². The second kappa shape index (κ2) is 33.3. The average molecular weight is 1440 g/mol. The van der Waals surface area contributed by atoms with E-state index in [1.54, 1.807) is 46.5 Å². The third-order valence-electron chi connectivity index (χ3n) is 19.3. The van der Waals surface area contributed by atoms with Crippen molar-refractivity contribution in [1.82, 2.24) is 39.1 Å². The maximum Gasteiger partial charge on any atom is 0.279 e. The third kappa shape index (κ3) is 15.6. The van der Waals surface area contributed by atoms with Crippen LogP contribution in [0.25, 0.3) is 83.9 Å². The van der Waals surface area contributed by atoms with Crippen LogP contribution in [0.15, 0.2) is 253 Å². The number of likely N-dealkylation sites (N-methyl/N-ethyl adjacent to an activating group) is 2. The minimum absolute atomic E-state index is 0.0523. The van der Waals surface area contributed by atoms with Crippen LogP contribution in [0.2, 0.25) is 0 Å². The van der Waals surface area contributed by atoms with Gasteiger partial charge < -0.3 is 38.6 Å². The molecular formula is C91H88N8O9. The van der Waals surface area contributed by atoms with E-state index in [1.807, 2.05) is 236 Å². The number of benzene rings is 9. The van der Waals surface area contributed by atoms with Gasteiger partial charge in [-0.1, -0.05) is 224 Å². The van der Waals surface area contributed by atoms with Crippen LogP contribution >= 0.6 is 0 Å². The summed E-state index contributed by atoms with van der Waals surface area (Å²) in [6.45, 7) is 11.1. The van der Waals surface area contributed by atoms with E-state index in [9.17, 15) is 19.5 Å². The monoisotopic (exact) mass is 1440 g/mol. The van der Waals surface area contributed by atoms with Crippen LogP contribution in [0.1, 0.15) is 82.3 Å². The molecule has 3 aromatic heterocycles. The summed E-state index contributed by atoms with van der Waals surface area (Å²) in [7, 11) is 11.2. The maximum atomic E-state index is 14.0. The molecule has 546 valence electrons. The number of fused-ring (bicyclic) bond motifs is 3. The zero-order chi connectivity index (χ0) is 75.5. The molecule has 0 radical (unpaired) electrons. The zero-order valence-electron chi connectivity index (χ0n) is 62.7. The number of rotatable bonds is 22. The van der Waals surface area contributed by atoms with Crippen molar-refractivity contribution in [2.45, 2.75) is 53.4 Å². The Labute approximate surface area is 630 Å². The summed E-state index contributed by atoms with van der Waals surface area (Å²) in [6.07, 6.45) is 2.72. The zero-order valence-corrected chi connectivity index (χ0v) is 62.7. The highest BCUT2D eigenvalue weighted by Gasteiger charge is 2.36. The molecule has 0 amide bonds. The van der Waals surface area contributed by atoms with Crippen molar-refractivity contribution in [2.24, 2.45) is 0 Å². The van der Waals surface area contributed by atoms with Gasteiger partial charge in [-0.3, -0.25) is 14.4 Å². The van der Waals surface area contributed by atoms with Crippen LogP contribution in [0.5, 0.6) is 34.5 Å². The summed E-state index contributed by atoms with van der Waals surface area (Å²) in [5.41, 5.74) is 21.3. The van der Waals surface area contributed by atoms with Crippen LogP contribution in [0.4, 0.5) is 0 Å². The minimum Gasteiger partial charge on any atom is -0.504 e. The Bertz CT molecular complexity index is 5350. The lowest BCUT2D eigenvalue weighted by Gasteiger charge is -2.21. The second-order valence-electron chi connectivity index (χ2n) is 27.4. The Morgan fingerprint density at radius 3 is 0.926 bits per heavy atom. The summed E-state index contributed by atoms with van der Waals surface area (Å²) in [4.78, 5) is 45.8. The number of hydrogen-bond donors (Lipinski definition) is 1. The van der Waals surface area contributed by atoms with Gasteiger partial charge in [0.25, 0.3) is 17.7 Å². The molecule has 0 atom stereocenters. The van der Waals surface area contributed by atoms with Gasteiger partial charge in [-0.2, -0.15) is 29.3 Å².